The van der Waals surface area contributed by atoms with E-state index >= 15 is 0 Å². The molecule has 1 aromatic carbocycles. The Morgan fingerprint density at radius 1 is 1.14 bits per heavy atom. The van der Waals surface area contributed by atoms with E-state index in [0.717, 1.165) is 36.8 Å². The number of thiophene rings is 1. The quantitative estimate of drug-likeness (QED) is 0.517. The Hall–Kier alpha value is -2.45. The molecule has 2 aromatic heterocycles. The molecule has 8 heteroatoms. The highest BCUT2D eigenvalue weighted by Gasteiger charge is 2.26. The van der Waals surface area contributed by atoms with E-state index in [1.54, 1.807) is 11.3 Å². The number of carbonyl (C=O) groups is 2. The van der Waals surface area contributed by atoms with E-state index in [0.29, 0.717) is 13.0 Å². The number of aromatic nitrogens is 3. The van der Waals surface area contributed by atoms with Crippen molar-refractivity contribution in [3.05, 3.63) is 64.1 Å². The molecule has 0 unspecified atom stereocenters. The number of carbonyl (C=O) groups excluding carboxylic acids is 2. The molecule has 0 aliphatic carbocycles. The van der Waals surface area contributed by atoms with E-state index in [1.165, 1.54) is 27.1 Å². The van der Waals surface area contributed by atoms with Gasteiger partial charge in [-0.25, -0.2) is 0 Å². The summed E-state index contributed by atoms with van der Waals surface area (Å²) in [6, 6.07) is 14.4. The average Bonchev–Trinajstić information content (AvgIpc) is 3.48. The van der Waals surface area contributed by atoms with Gasteiger partial charge in [0.15, 0.2) is 5.16 Å². The van der Waals surface area contributed by atoms with Gasteiger partial charge in [0, 0.05) is 30.8 Å². The molecule has 0 N–H and O–H groups in total. The zero-order valence-electron chi connectivity index (χ0n) is 16.0. The average molecular weight is 427 g/mol. The lowest BCUT2D eigenvalue weighted by Crippen LogP contribution is -2.33. The van der Waals surface area contributed by atoms with E-state index in [1.807, 2.05) is 24.3 Å². The highest BCUT2D eigenvalue weighted by molar-refractivity contribution is 7.99. The Labute approximate surface area is 177 Å². The number of hydrogen-bond donors (Lipinski definition) is 0. The van der Waals surface area contributed by atoms with Crippen LogP contribution in [0.5, 0.6) is 0 Å². The number of nitrogens with zero attached hydrogens (tertiary/aromatic N) is 4. The molecule has 6 nitrogen and oxygen atoms in total. The highest BCUT2D eigenvalue weighted by atomic mass is 32.2. The van der Waals surface area contributed by atoms with Crippen LogP contribution >= 0.6 is 23.1 Å². The zero-order valence-corrected chi connectivity index (χ0v) is 17.6. The number of amides is 2. The summed E-state index contributed by atoms with van der Waals surface area (Å²) in [5.41, 5.74) is 1.25. The minimum absolute atomic E-state index is 0.0699. The largest absolute Gasteiger partial charge is 0.305 e. The molecule has 150 valence electrons. The van der Waals surface area contributed by atoms with Crippen molar-refractivity contribution in [3.8, 4) is 0 Å². The molecule has 0 atom stereocenters. The third-order valence-corrected chi connectivity index (χ3v) is 6.70. The van der Waals surface area contributed by atoms with Crippen molar-refractivity contribution in [2.45, 2.75) is 37.4 Å². The minimum Gasteiger partial charge on any atom is -0.305 e. The van der Waals surface area contributed by atoms with Crippen LogP contribution in [0.1, 0.15) is 29.1 Å². The summed E-state index contributed by atoms with van der Waals surface area (Å²) in [4.78, 5) is 26.8. The lowest BCUT2D eigenvalue weighted by molar-refractivity contribution is -0.140. The number of thioether (sulfide) groups is 1. The summed E-state index contributed by atoms with van der Waals surface area (Å²) in [6.45, 7) is 1.28. The molecule has 1 saturated heterocycles. The van der Waals surface area contributed by atoms with Gasteiger partial charge in [-0.1, -0.05) is 48.2 Å². The van der Waals surface area contributed by atoms with Crippen LogP contribution in [0.25, 0.3) is 0 Å². The van der Waals surface area contributed by atoms with Gasteiger partial charge in [-0.05, 0) is 29.9 Å². The fourth-order valence-corrected chi connectivity index (χ4v) is 4.91. The molecule has 2 amide bonds. The van der Waals surface area contributed by atoms with Gasteiger partial charge >= 0.3 is 0 Å². The van der Waals surface area contributed by atoms with Gasteiger partial charge in [-0.15, -0.1) is 21.5 Å². The predicted octanol–water partition coefficient (Wildman–Crippen LogP) is 3.41. The standard InChI is InChI=1S/C21H22N4O2S2/c26-19-9-4-11-25(19)20(27)15-29-21-23-22-18(14-17-8-5-13-28-17)24(21)12-10-16-6-2-1-3-7-16/h1-3,5-8,13H,4,9-12,14-15H2. The summed E-state index contributed by atoms with van der Waals surface area (Å²) in [5, 5.41) is 11.5. The van der Waals surface area contributed by atoms with Gasteiger partial charge < -0.3 is 4.57 Å². The Bertz CT molecular complexity index is 970. The minimum atomic E-state index is -0.144. The van der Waals surface area contributed by atoms with Crippen molar-refractivity contribution >= 4 is 34.9 Å². The summed E-state index contributed by atoms with van der Waals surface area (Å²) in [5.74, 6) is 0.888. The van der Waals surface area contributed by atoms with Gasteiger partial charge in [-0.3, -0.25) is 14.5 Å². The molecule has 0 radical (unpaired) electrons. The van der Waals surface area contributed by atoms with E-state index in [-0.39, 0.29) is 17.6 Å². The number of aryl methyl sites for hydroxylation is 1. The van der Waals surface area contributed by atoms with Crippen LogP contribution < -0.4 is 0 Å². The van der Waals surface area contributed by atoms with Gasteiger partial charge in [-0.2, -0.15) is 0 Å². The maximum atomic E-state index is 12.4. The molecule has 3 aromatic rings. The first-order valence-corrected chi connectivity index (χ1v) is 11.5. The SMILES string of the molecule is O=C1CCCN1C(=O)CSc1nnc(Cc2cccs2)n1CCc1ccccc1. The van der Waals surface area contributed by atoms with Crippen LogP contribution in [-0.2, 0) is 29.0 Å². The van der Waals surface area contributed by atoms with Gasteiger partial charge in [0.05, 0.1) is 5.75 Å². The number of likely N-dealkylation sites (tertiary alicyclic amines) is 1. The second-order valence-electron chi connectivity index (χ2n) is 6.87. The molecular formula is C21H22N4O2S2. The van der Waals surface area contributed by atoms with Crippen molar-refractivity contribution in [2.75, 3.05) is 12.3 Å². The molecular weight excluding hydrogens is 404 g/mol. The lowest BCUT2D eigenvalue weighted by Gasteiger charge is -2.13. The maximum absolute atomic E-state index is 12.4. The molecule has 29 heavy (non-hydrogen) atoms. The third-order valence-electron chi connectivity index (χ3n) is 4.87. The third kappa shape index (κ3) is 4.94. The second kappa shape index (κ2) is 9.37. The first-order valence-electron chi connectivity index (χ1n) is 9.65. The number of imide groups is 1. The number of benzene rings is 1. The van der Waals surface area contributed by atoms with Crippen LogP contribution in [0.4, 0.5) is 0 Å². The lowest BCUT2D eigenvalue weighted by atomic mass is 10.1. The van der Waals surface area contributed by atoms with Crippen LogP contribution in [0.3, 0.4) is 0 Å². The van der Waals surface area contributed by atoms with E-state index < -0.39 is 0 Å². The second-order valence-corrected chi connectivity index (χ2v) is 8.85. The summed E-state index contributed by atoms with van der Waals surface area (Å²) in [7, 11) is 0. The molecule has 3 heterocycles. The van der Waals surface area contributed by atoms with Crippen molar-refractivity contribution in [1.82, 2.24) is 19.7 Å². The Kier molecular flexibility index (Phi) is 6.41. The summed E-state index contributed by atoms with van der Waals surface area (Å²) in [6.07, 6.45) is 2.81. The predicted molar refractivity (Wildman–Crippen MR) is 114 cm³/mol. The fourth-order valence-electron chi connectivity index (χ4n) is 3.35. The van der Waals surface area contributed by atoms with Gasteiger partial charge in [0.1, 0.15) is 5.82 Å². The molecule has 1 aliphatic rings. The Morgan fingerprint density at radius 2 is 2.00 bits per heavy atom. The van der Waals surface area contributed by atoms with E-state index in [9.17, 15) is 9.59 Å². The van der Waals surface area contributed by atoms with Crippen molar-refractivity contribution < 1.29 is 9.59 Å². The Balaban J connectivity index is 1.48. The van der Waals surface area contributed by atoms with Crippen LogP contribution in [0.2, 0.25) is 0 Å². The van der Waals surface area contributed by atoms with Crippen LogP contribution in [0.15, 0.2) is 53.0 Å². The molecule has 1 fully saturated rings. The fraction of sp³-hybridized carbons (Fsp3) is 0.333. The molecule has 0 bridgehead atoms. The van der Waals surface area contributed by atoms with Gasteiger partial charge in [0.2, 0.25) is 11.8 Å². The first-order chi connectivity index (χ1) is 14.2. The molecule has 4 rings (SSSR count). The Morgan fingerprint density at radius 3 is 2.72 bits per heavy atom. The summed E-state index contributed by atoms with van der Waals surface area (Å²) < 4.78 is 2.11. The summed E-state index contributed by atoms with van der Waals surface area (Å²) >= 11 is 3.06. The van der Waals surface area contributed by atoms with E-state index in [2.05, 4.69) is 38.3 Å². The number of rotatable bonds is 8. The maximum Gasteiger partial charge on any atom is 0.239 e. The van der Waals surface area contributed by atoms with Crippen molar-refractivity contribution in [1.29, 1.82) is 0 Å². The van der Waals surface area contributed by atoms with Gasteiger partial charge in [0.25, 0.3) is 0 Å². The first kappa shape index (κ1) is 19.8. The molecule has 1 aliphatic heterocycles. The monoisotopic (exact) mass is 426 g/mol. The normalized spacial score (nSPS) is 13.9. The van der Waals surface area contributed by atoms with Crippen molar-refractivity contribution in [3.63, 3.8) is 0 Å². The highest BCUT2D eigenvalue weighted by Crippen LogP contribution is 2.22. The number of hydrogen-bond acceptors (Lipinski definition) is 6. The van der Waals surface area contributed by atoms with Crippen molar-refractivity contribution in [2.24, 2.45) is 0 Å². The molecule has 0 saturated carbocycles. The van der Waals surface area contributed by atoms with E-state index in [4.69, 9.17) is 0 Å². The smallest absolute Gasteiger partial charge is 0.239 e. The molecule has 0 spiro atoms. The van der Waals surface area contributed by atoms with Crippen LogP contribution in [-0.4, -0.2) is 43.8 Å². The van der Waals surface area contributed by atoms with Crippen LogP contribution in [0, 0.1) is 0 Å². The zero-order chi connectivity index (χ0) is 20.1. The topological polar surface area (TPSA) is 68.1 Å².